The summed E-state index contributed by atoms with van der Waals surface area (Å²) in [6, 6.07) is 1.73. The molecule has 0 atom stereocenters. The maximum absolute atomic E-state index is 10.6. The molecule has 0 spiro atoms. The first-order valence-corrected chi connectivity index (χ1v) is 4.17. The molecule has 1 rings (SSSR count). The maximum Gasteiger partial charge on any atom is 0.342 e. The van der Waals surface area contributed by atoms with E-state index in [0.29, 0.717) is 0 Å². The molecule has 1 aromatic carbocycles. The van der Waals surface area contributed by atoms with Gasteiger partial charge in [0, 0.05) is 0 Å². The first kappa shape index (κ1) is 11.9. The lowest BCUT2D eigenvalue weighted by molar-refractivity contribution is -0.385. The average Bonchev–Trinajstić information content (AvgIpc) is 2.15. The normalized spacial score (nSPS) is 9.81. The van der Waals surface area contributed by atoms with Crippen molar-refractivity contribution in [3.63, 3.8) is 0 Å². The highest BCUT2D eigenvalue weighted by Crippen LogP contribution is 2.31. The third kappa shape index (κ3) is 1.94. The van der Waals surface area contributed by atoms with Gasteiger partial charge in [0.15, 0.2) is 0 Å². The second-order valence-corrected chi connectivity index (χ2v) is 3.07. The Bertz CT molecular complexity index is 498. The fourth-order valence-electron chi connectivity index (χ4n) is 1.08. The number of nitrogens with zero attached hydrogens (tertiary/aromatic N) is 1. The van der Waals surface area contributed by atoms with E-state index in [2.05, 4.69) is 0 Å². The summed E-state index contributed by atoms with van der Waals surface area (Å²) in [7, 11) is 0. The average molecular weight is 246 g/mol. The molecular weight excluding hydrogens is 242 g/mol. The van der Waals surface area contributed by atoms with Crippen molar-refractivity contribution in [2.24, 2.45) is 0 Å². The fourth-order valence-corrected chi connectivity index (χ4v) is 1.40. The van der Waals surface area contributed by atoms with Crippen molar-refractivity contribution in [3.05, 3.63) is 38.4 Å². The first-order chi connectivity index (χ1) is 7.36. The van der Waals surface area contributed by atoms with Crippen LogP contribution in [-0.2, 0) is 0 Å². The van der Waals surface area contributed by atoms with Crippen molar-refractivity contribution >= 4 is 29.2 Å². The summed E-state index contributed by atoms with van der Waals surface area (Å²) in [6.45, 7) is 0. The standard InChI is InChI=1S/C8H4ClNO6/c9-5-3(7(11)12)1-2-4(8(13)14)6(5)10(15)16/h1-2H,(H,11,12)(H,13,14). The molecular formula is C8H4ClNO6. The SMILES string of the molecule is O=C(O)c1ccc(C(=O)O)c([N+](=O)[O-])c1Cl. The summed E-state index contributed by atoms with van der Waals surface area (Å²) in [4.78, 5) is 30.8. The molecule has 0 amide bonds. The van der Waals surface area contributed by atoms with E-state index in [1.807, 2.05) is 0 Å². The summed E-state index contributed by atoms with van der Waals surface area (Å²) >= 11 is 5.46. The summed E-state index contributed by atoms with van der Waals surface area (Å²) in [5, 5.41) is 27.2. The number of carboxylic acid groups (broad SMARTS) is 2. The van der Waals surface area contributed by atoms with Gasteiger partial charge in [0.25, 0.3) is 0 Å². The molecule has 0 aliphatic carbocycles. The van der Waals surface area contributed by atoms with Gasteiger partial charge in [-0.2, -0.15) is 0 Å². The molecule has 0 unspecified atom stereocenters. The summed E-state index contributed by atoms with van der Waals surface area (Å²) in [6.07, 6.45) is 0. The highest BCUT2D eigenvalue weighted by Gasteiger charge is 2.27. The highest BCUT2D eigenvalue weighted by molar-refractivity contribution is 6.36. The Morgan fingerprint density at radius 3 is 2.00 bits per heavy atom. The molecule has 0 aliphatic heterocycles. The number of hydrogen-bond donors (Lipinski definition) is 2. The number of carbonyl (C=O) groups is 2. The number of hydrogen-bond acceptors (Lipinski definition) is 4. The summed E-state index contributed by atoms with van der Waals surface area (Å²) in [5.41, 5.74) is -2.09. The van der Waals surface area contributed by atoms with Gasteiger partial charge in [-0.3, -0.25) is 10.1 Å². The number of rotatable bonds is 3. The van der Waals surface area contributed by atoms with E-state index in [0.717, 1.165) is 12.1 Å². The van der Waals surface area contributed by atoms with E-state index in [1.165, 1.54) is 0 Å². The molecule has 0 saturated carbocycles. The quantitative estimate of drug-likeness (QED) is 0.617. The van der Waals surface area contributed by atoms with Crippen LogP contribution in [0.2, 0.25) is 5.02 Å². The summed E-state index contributed by atoms with van der Waals surface area (Å²) < 4.78 is 0. The zero-order chi connectivity index (χ0) is 12.5. The molecule has 0 radical (unpaired) electrons. The van der Waals surface area contributed by atoms with Crippen LogP contribution in [0.3, 0.4) is 0 Å². The maximum atomic E-state index is 10.6. The number of benzene rings is 1. The zero-order valence-corrected chi connectivity index (χ0v) is 8.26. The van der Waals surface area contributed by atoms with Crippen molar-refractivity contribution in [2.45, 2.75) is 0 Å². The van der Waals surface area contributed by atoms with E-state index in [-0.39, 0.29) is 0 Å². The highest BCUT2D eigenvalue weighted by atomic mass is 35.5. The van der Waals surface area contributed by atoms with E-state index >= 15 is 0 Å². The van der Waals surface area contributed by atoms with Crippen LogP contribution in [0.4, 0.5) is 5.69 Å². The predicted octanol–water partition coefficient (Wildman–Crippen LogP) is 1.64. The van der Waals surface area contributed by atoms with Gasteiger partial charge < -0.3 is 10.2 Å². The minimum Gasteiger partial charge on any atom is -0.478 e. The molecule has 8 heteroatoms. The van der Waals surface area contributed by atoms with E-state index < -0.39 is 38.7 Å². The van der Waals surface area contributed by atoms with Crippen molar-refractivity contribution in [2.75, 3.05) is 0 Å². The van der Waals surface area contributed by atoms with Crippen molar-refractivity contribution in [1.82, 2.24) is 0 Å². The molecule has 0 fully saturated rings. The van der Waals surface area contributed by atoms with Crippen LogP contribution in [0, 0.1) is 10.1 Å². The molecule has 1 aromatic rings. The van der Waals surface area contributed by atoms with E-state index in [1.54, 1.807) is 0 Å². The largest absolute Gasteiger partial charge is 0.478 e. The Morgan fingerprint density at radius 1 is 1.19 bits per heavy atom. The second kappa shape index (κ2) is 4.15. The van der Waals surface area contributed by atoms with Gasteiger partial charge in [0.1, 0.15) is 10.6 Å². The van der Waals surface area contributed by atoms with Gasteiger partial charge in [-0.1, -0.05) is 11.6 Å². The van der Waals surface area contributed by atoms with E-state index in [4.69, 9.17) is 21.8 Å². The molecule has 16 heavy (non-hydrogen) atoms. The third-order valence-electron chi connectivity index (χ3n) is 1.76. The number of carboxylic acids is 2. The predicted molar refractivity (Wildman–Crippen MR) is 52.0 cm³/mol. The molecule has 0 bridgehead atoms. The lowest BCUT2D eigenvalue weighted by atomic mass is 10.1. The molecule has 7 nitrogen and oxygen atoms in total. The Morgan fingerprint density at radius 2 is 1.62 bits per heavy atom. The van der Waals surface area contributed by atoms with Crippen molar-refractivity contribution in [3.8, 4) is 0 Å². The van der Waals surface area contributed by atoms with Gasteiger partial charge in [-0.05, 0) is 12.1 Å². The van der Waals surface area contributed by atoms with Crippen LogP contribution < -0.4 is 0 Å². The topological polar surface area (TPSA) is 118 Å². The van der Waals surface area contributed by atoms with Gasteiger partial charge in [0.2, 0.25) is 0 Å². The van der Waals surface area contributed by atoms with Crippen LogP contribution >= 0.6 is 11.6 Å². The Labute approximate surface area is 93.0 Å². The Hall–Kier alpha value is -2.15. The smallest absolute Gasteiger partial charge is 0.342 e. The molecule has 0 saturated heterocycles. The molecule has 0 aromatic heterocycles. The lowest BCUT2D eigenvalue weighted by Crippen LogP contribution is -2.07. The van der Waals surface area contributed by atoms with Crippen LogP contribution in [0.1, 0.15) is 20.7 Å². The minimum atomic E-state index is -1.55. The molecule has 84 valence electrons. The van der Waals surface area contributed by atoms with Gasteiger partial charge >= 0.3 is 17.6 Å². The summed E-state index contributed by atoms with van der Waals surface area (Å²) in [5.74, 6) is -3.02. The Balaban J connectivity index is 3.60. The van der Waals surface area contributed by atoms with Gasteiger partial charge in [-0.15, -0.1) is 0 Å². The lowest BCUT2D eigenvalue weighted by Gasteiger charge is -2.02. The van der Waals surface area contributed by atoms with Crippen LogP contribution in [-0.4, -0.2) is 27.1 Å². The van der Waals surface area contributed by atoms with Crippen LogP contribution in [0.25, 0.3) is 0 Å². The van der Waals surface area contributed by atoms with Crippen LogP contribution in [0.5, 0.6) is 0 Å². The third-order valence-corrected chi connectivity index (χ3v) is 2.14. The Kier molecular flexibility index (Phi) is 3.09. The fraction of sp³-hybridized carbons (Fsp3) is 0. The number of halogens is 1. The molecule has 0 aliphatic rings. The molecule has 2 N–H and O–H groups in total. The zero-order valence-electron chi connectivity index (χ0n) is 7.51. The van der Waals surface area contributed by atoms with Gasteiger partial charge in [-0.25, -0.2) is 9.59 Å². The first-order valence-electron chi connectivity index (χ1n) is 3.79. The molecule has 0 heterocycles. The monoisotopic (exact) mass is 245 g/mol. The van der Waals surface area contributed by atoms with Crippen molar-refractivity contribution in [1.29, 1.82) is 0 Å². The number of nitro groups is 1. The minimum absolute atomic E-state index is 0.515. The number of aromatic carboxylic acids is 2. The van der Waals surface area contributed by atoms with Crippen LogP contribution in [0.15, 0.2) is 12.1 Å². The van der Waals surface area contributed by atoms with Crippen molar-refractivity contribution < 1.29 is 24.7 Å². The second-order valence-electron chi connectivity index (χ2n) is 2.69. The number of nitro benzene ring substituents is 1. The van der Waals surface area contributed by atoms with E-state index in [9.17, 15) is 19.7 Å². The van der Waals surface area contributed by atoms with Gasteiger partial charge in [0.05, 0.1) is 10.5 Å².